The van der Waals surface area contributed by atoms with E-state index in [2.05, 4.69) is 22.4 Å². The van der Waals surface area contributed by atoms with Gasteiger partial charge in [-0.2, -0.15) is 10.5 Å². The summed E-state index contributed by atoms with van der Waals surface area (Å²) in [6, 6.07) is 28.3. The number of thioether (sulfide) groups is 1. The second-order valence-corrected chi connectivity index (χ2v) is 9.65. The van der Waals surface area contributed by atoms with Crippen LogP contribution in [0.4, 0.5) is 11.5 Å². The Labute approximate surface area is 225 Å². The van der Waals surface area contributed by atoms with Crippen LogP contribution in [0.1, 0.15) is 30.0 Å². The number of hydrogen-bond acceptors (Lipinski definition) is 7. The van der Waals surface area contributed by atoms with Gasteiger partial charge >= 0.3 is 0 Å². The Morgan fingerprint density at radius 2 is 1.61 bits per heavy atom. The van der Waals surface area contributed by atoms with E-state index >= 15 is 0 Å². The standard InChI is InChI=1S/C30H25N5O2S/c1-3-26(29(36)34-21-13-15-23(16-14-21)37-22-7-5-4-6-8-22)38-30-25(18-32)27(24(17-31)28(33)35-30)20-11-9-19(2)10-12-20/h4-16,26H,3H2,1-2H3,(H2,33,35)(H,34,36). The highest BCUT2D eigenvalue weighted by Gasteiger charge is 2.25. The SMILES string of the molecule is CCC(Sc1nc(N)c(C#N)c(-c2ccc(C)cc2)c1C#N)C(=O)Nc1ccc(Oc2ccccc2)cc1. The number of carbonyl (C=O) groups excluding carboxylic acids is 1. The maximum absolute atomic E-state index is 13.2. The number of pyridine rings is 1. The van der Waals surface area contributed by atoms with E-state index in [1.54, 1.807) is 24.3 Å². The third kappa shape index (κ3) is 5.95. The summed E-state index contributed by atoms with van der Waals surface area (Å²) in [5.74, 6) is 1.16. The number of rotatable bonds is 8. The molecule has 3 aromatic carbocycles. The summed E-state index contributed by atoms with van der Waals surface area (Å²) in [6.07, 6.45) is 0.484. The van der Waals surface area contributed by atoms with Gasteiger partial charge in [0.1, 0.15) is 40.0 Å². The molecule has 1 atom stereocenters. The molecule has 4 rings (SSSR count). The Morgan fingerprint density at radius 3 is 2.21 bits per heavy atom. The van der Waals surface area contributed by atoms with Crippen molar-refractivity contribution in [3.8, 4) is 34.8 Å². The van der Waals surface area contributed by atoms with Crippen LogP contribution < -0.4 is 15.8 Å². The van der Waals surface area contributed by atoms with Crippen molar-refractivity contribution in [1.29, 1.82) is 10.5 Å². The summed E-state index contributed by atoms with van der Waals surface area (Å²) in [5, 5.41) is 22.5. The van der Waals surface area contributed by atoms with E-state index in [9.17, 15) is 15.3 Å². The van der Waals surface area contributed by atoms with E-state index in [0.717, 1.165) is 23.1 Å². The molecule has 1 heterocycles. The first-order chi connectivity index (χ1) is 18.4. The topological polar surface area (TPSA) is 125 Å². The third-order valence-electron chi connectivity index (χ3n) is 5.77. The molecule has 0 fully saturated rings. The van der Waals surface area contributed by atoms with Crippen LogP contribution >= 0.6 is 11.8 Å². The normalized spacial score (nSPS) is 11.2. The van der Waals surface area contributed by atoms with Crippen molar-refractivity contribution < 1.29 is 9.53 Å². The lowest BCUT2D eigenvalue weighted by molar-refractivity contribution is -0.115. The summed E-state index contributed by atoms with van der Waals surface area (Å²) in [4.78, 5) is 17.5. The molecule has 0 bridgehead atoms. The largest absolute Gasteiger partial charge is 0.457 e. The van der Waals surface area contributed by atoms with Gasteiger partial charge < -0.3 is 15.8 Å². The van der Waals surface area contributed by atoms with Gasteiger partial charge in [0.05, 0.1) is 10.8 Å². The molecule has 4 aromatic rings. The zero-order valence-corrected chi connectivity index (χ0v) is 21.8. The number of anilines is 2. The molecular formula is C30H25N5O2S. The van der Waals surface area contributed by atoms with Gasteiger partial charge in [-0.3, -0.25) is 4.79 Å². The van der Waals surface area contributed by atoms with Crippen molar-refractivity contribution in [3.63, 3.8) is 0 Å². The van der Waals surface area contributed by atoms with Gasteiger partial charge in [0.25, 0.3) is 0 Å². The summed E-state index contributed by atoms with van der Waals surface area (Å²) < 4.78 is 5.81. The van der Waals surface area contributed by atoms with Crippen LogP contribution in [0, 0.1) is 29.6 Å². The van der Waals surface area contributed by atoms with E-state index in [-0.39, 0.29) is 22.9 Å². The Balaban J connectivity index is 1.56. The Bertz CT molecular complexity index is 1520. The zero-order valence-electron chi connectivity index (χ0n) is 20.9. The third-order valence-corrected chi connectivity index (χ3v) is 7.12. The molecule has 3 N–H and O–H groups in total. The molecule has 0 aliphatic rings. The summed E-state index contributed by atoms with van der Waals surface area (Å²) >= 11 is 1.16. The lowest BCUT2D eigenvalue weighted by atomic mass is 9.96. The Morgan fingerprint density at radius 1 is 0.974 bits per heavy atom. The molecule has 188 valence electrons. The minimum Gasteiger partial charge on any atom is -0.457 e. The van der Waals surface area contributed by atoms with Gasteiger partial charge in [0, 0.05) is 11.3 Å². The molecule has 1 unspecified atom stereocenters. The highest BCUT2D eigenvalue weighted by atomic mass is 32.2. The molecule has 8 heteroatoms. The lowest BCUT2D eigenvalue weighted by Crippen LogP contribution is -2.25. The van der Waals surface area contributed by atoms with Gasteiger partial charge in [0.15, 0.2) is 0 Å². The van der Waals surface area contributed by atoms with E-state index in [1.165, 1.54) is 0 Å². The molecule has 0 aliphatic carbocycles. The second kappa shape index (κ2) is 12.0. The number of amides is 1. The van der Waals surface area contributed by atoms with Gasteiger partial charge in [-0.1, -0.05) is 66.7 Å². The molecule has 0 saturated heterocycles. The average Bonchev–Trinajstić information content (AvgIpc) is 2.93. The molecule has 0 saturated carbocycles. The molecule has 38 heavy (non-hydrogen) atoms. The van der Waals surface area contributed by atoms with Crippen LogP contribution in [0.25, 0.3) is 11.1 Å². The fourth-order valence-electron chi connectivity index (χ4n) is 3.80. The van der Waals surface area contributed by atoms with Gasteiger partial charge in [-0.15, -0.1) is 0 Å². The highest BCUT2D eigenvalue weighted by molar-refractivity contribution is 8.00. The van der Waals surface area contributed by atoms with Gasteiger partial charge in [0.2, 0.25) is 5.91 Å². The Hall–Kier alpha value is -4.79. The van der Waals surface area contributed by atoms with Crippen LogP contribution in [0.3, 0.4) is 0 Å². The summed E-state index contributed by atoms with van der Waals surface area (Å²) in [7, 11) is 0. The van der Waals surface area contributed by atoms with Gasteiger partial charge in [-0.25, -0.2) is 4.98 Å². The molecule has 0 aliphatic heterocycles. The zero-order chi connectivity index (χ0) is 27.1. The lowest BCUT2D eigenvalue weighted by Gasteiger charge is -2.18. The quantitative estimate of drug-likeness (QED) is 0.249. The number of nitrogens with zero attached hydrogens (tertiary/aromatic N) is 3. The Kier molecular flexibility index (Phi) is 8.27. The van der Waals surface area contributed by atoms with Crippen molar-refractivity contribution in [2.45, 2.75) is 30.5 Å². The van der Waals surface area contributed by atoms with Crippen molar-refractivity contribution in [1.82, 2.24) is 4.98 Å². The number of para-hydroxylation sites is 1. The number of nitriles is 2. The molecule has 1 amide bonds. The number of aryl methyl sites for hydroxylation is 1. The van der Waals surface area contributed by atoms with E-state index in [1.807, 2.05) is 68.4 Å². The molecule has 7 nitrogen and oxygen atoms in total. The number of carbonyl (C=O) groups is 1. The maximum Gasteiger partial charge on any atom is 0.237 e. The maximum atomic E-state index is 13.2. The van der Waals surface area contributed by atoms with Crippen LogP contribution in [0.15, 0.2) is 83.9 Å². The van der Waals surface area contributed by atoms with Crippen molar-refractivity contribution in [2.75, 3.05) is 11.1 Å². The number of benzene rings is 3. The predicted octanol–water partition coefficient (Wildman–Crippen LogP) is 6.68. The average molecular weight is 520 g/mol. The van der Waals surface area contributed by atoms with E-state index in [4.69, 9.17) is 10.5 Å². The smallest absolute Gasteiger partial charge is 0.237 e. The van der Waals surface area contributed by atoms with Gasteiger partial charge in [-0.05, 0) is 55.3 Å². The minimum absolute atomic E-state index is 0.0221. The van der Waals surface area contributed by atoms with Crippen LogP contribution in [0.5, 0.6) is 11.5 Å². The first kappa shape index (κ1) is 26.3. The fourth-order valence-corrected chi connectivity index (χ4v) is 4.82. The molecule has 0 spiro atoms. The van der Waals surface area contributed by atoms with Crippen LogP contribution in [0.2, 0.25) is 0 Å². The van der Waals surface area contributed by atoms with E-state index < -0.39 is 5.25 Å². The predicted molar refractivity (Wildman–Crippen MR) is 150 cm³/mol. The van der Waals surface area contributed by atoms with Crippen molar-refractivity contribution >= 4 is 29.2 Å². The van der Waals surface area contributed by atoms with Crippen molar-refractivity contribution in [2.24, 2.45) is 0 Å². The first-order valence-corrected chi connectivity index (χ1v) is 12.8. The van der Waals surface area contributed by atoms with Crippen LogP contribution in [-0.4, -0.2) is 16.1 Å². The number of ether oxygens (including phenoxy) is 1. The summed E-state index contributed by atoms with van der Waals surface area (Å²) in [6.45, 7) is 3.84. The number of hydrogen-bond donors (Lipinski definition) is 2. The number of aromatic nitrogens is 1. The fraction of sp³-hybridized carbons (Fsp3) is 0.133. The number of nitrogens with two attached hydrogens (primary N) is 1. The number of nitrogens with one attached hydrogen (secondary N) is 1. The highest BCUT2D eigenvalue weighted by Crippen LogP contribution is 2.38. The van der Waals surface area contributed by atoms with E-state index in [0.29, 0.717) is 34.0 Å². The second-order valence-electron chi connectivity index (χ2n) is 8.46. The minimum atomic E-state index is -0.548. The molecular weight excluding hydrogens is 494 g/mol. The first-order valence-electron chi connectivity index (χ1n) is 11.9. The number of nitrogen functional groups attached to an aromatic ring is 1. The summed E-state index contributed by atoms with van der Waals surface area (Å²) in [5.41, 5.74) is 9.28. The van der Waals surface area contributed by atoms with Crippen molar-refractivity contribution in [3.05, 3.63) is 95.6 Å². The monoisotopic (exact) mass is 519 g/mol. The molecule has 1 aromatic heterocycles. The molecule has 0 radical (unpaired) electrons. The van der Waals surface area contributed by atoms with Crippen LogP contribution in [-0.2, 0) is 4.79 Å².